The molecule has 0 unspecified atom stereocenters. The maximum absolute atomic E-state index is 14.1. The third-order valence-corrected chi connectivity index (χ3v) is 3.56. The fourth-order valence-electron chi connectivity index (χ4n) is 2.42. The second-order valence-corrected chi connectivity index (χ2v) is 4.71. The SMILES string of the molecule is COc1ccc(Cl)c(F)c1C1(N)CCCC1. The fourth-order valence-corrected chi connectivity index (χ4v) is 2.58. The van der Waals surface area contributed by atoms with E-state index in [0.29, 0.717) is 11.3 Å². The predicted octanol–water partition coefficient (Wildman–Crippen LogP) is 3.22. The van der Waals surface area contributed by atoms with Gasteiger partial charge in [0.2, 0.25) is 0 Å². The molecule has 2 nitrogen and oxygen atoms in total. The summed E-state index contributed by atoms with van der Waals surface area (Å²) in [6, 6.07) is 3.17. The molecule has 0 radical (unpaired) electrons. The molecular formula is C12H15ClFNO. The molecule has 1 saturated carbocycles. The Hall–Kier alpha value is -0.800. The van der Waals surface area contributed by atoms with Crippen LogP contribution in [-0.2, 0) is 5.54 Å². The van der Waals surface area contributed by atoms with Crippen LogP contribution in [0, 0.1) is 5.82 Å². The van der Waals surface area contributed by atoms with Crippen molar-refractivity contribution >= 4 is 11.6 Å². The van der Waals surface area contributed by atoms with E-state index in [1.54, 1.807) is 6.07 Å². The molecule has 1 aromatic rings. The van der Waals surface area contributed by atoms with Crippen LogP contribution in [0.15, 0.2) is 12.1 Å². The van der Waals surface area contributed by atoms with Crippen LogP contribution in [0.25, 0.3) is 0 Å². The van der Waals surface area contributed by atoms with Crippen molar-refractivity contribution in [3.63, 3.8) is 0 Å². The second-order valence-electron chi connectivity index (χ2n) is 4.30. The van der Waals surface area contributed by atoms with Crippen LogP contribution in [0.5, 0.6) is 5.75 Å². The van der Waals surface area contributed by atoms with Crippen molar-refractivity contribution in [1.82, 2.24) is 0 Å². The largest absolute Gasteiger partial charge is 0.496 e. The number of hydrogen-bond donors (Lipinski definition) is 1. The summed E-state index contributed by atoms with van der Waals surface area (Å²) in [5.41, 5.74) is 6.05. The third kappa shape index (κ3) is 1.78. The van der Waals surface area contributed by atoms with Gasteiger partial charge in [0.25, 0.3) is 0 Å². The van der Waals surface area contributed by atoms with Crippen molar-refractivity contribution in [3.8, 4) is 5.75 Å². The number of methoxy groups -OCH3 is 1. The summed E-state index contributed by atoms with van der Waals surface area (Å²) < 4.78 is 19.2. The fraction of sp³-hybridized carbons (Fsp3) is 0.500. The number of nitrogens with two attached hydrogens (primary N) is 1. The number of rotatable bonds is 2. The molecule has 88 valence electrons. The summed E-state index contributed by atoms with van der Waals surface area (Å²) in [4.78, 5) is 0. The predicted molar refractivity (Wildman–Crippen MR) is 62.3 cm³/mol. The van der Waals surface area contributed by atoms with Gasteiger partial charge in [0.15, 0.2) is 5.82 Å². The Morgan fingerprint density at radius 2 is 2.00 bits per heavy atom. The van der Waals surface area contributed by atoms with Gasteiger partial charge in [-0.25, -0.2) is 4.39 Å². The highest BCUT2D eigenvalue weighted by atomic mass is 35.5. The van der Waals surface area contributed by atoms with E-state index >= 15 is 0 Å². The minimum absolute atomic E-state index is 0.104. The zero-order valence-electron chi connectivity index (χ0n) is 9.22. The summed E-state index contributed by atoms with van der Waals surface area (Å²) in [6.45, 7) is 0. The molecule has 16 heavy (non-hydrogen) atoms. The lowest BCUT2D eigenvalue weighted by molar-refractivity contribution is 0.365. The number of hydrogen-bond acceptors (Lipinski definition) is 2. The van der Waals surface area contributed by atoms with Gasteiger partial charge in [0.05, 0.1) is 17.7 Å². The van der Waals surface area contributed by atoms with E-state index in [9.17, 15) is 4.39 Å². The van der Waals surface area contributed by atoms with Gasteiger partial charge in [-0.3, -0.25) is 0 Å². The molecule has 0 saturated heterocycles. The van der Waals surface area contributed by atoms with Crippen LogP contribution in [0.4, 0.5) is 4.39 Å². The first kappa shape index (κ1) is 11.7. The third-order valence-electron chi connectivity index (χ3n) is 3.27. The van der Waals surface area contributed by atoms with Crippen LogP contribution >= 0.6 is 11.6 Å². The molecule has 0 aliphatic heterocycles. The highest BCUT2D eigenvalue weighted by molar-refractivity contribution is 6.30. The van der Waals surface area contributed by atoms with Crippen molar-refractivity contribution in [2.45, 2.75) is 31.2 Å². The summed E-state index contributed by atoms with van der Waals surface area (Å²) in [7, 11) is 1.52. The first-order valence-corrected chi connectivity index (χ1v) is 5.77. The Labute approximate surface area is 99.5 Å². The van der Waals surface area contributed by atoms with Crippen LogP contribution < -0.4 is 10.5 Å². The Kier molecular flexibility index (Phi) is 3.08. The minimum atomic E-state index is -0.625. The Morgan fingerprint density at radius 3 is 2.56 bits per heavy atom. The molecule has 1 aliphatic rings. The number of benzene rings is 1. The summed E-state index contributed by atoms with van der Waals surface area (Å²) in [5.74, 6) is 0.0525. The average Bonchev–Trinajstić information content (AvgIpc) is 2.69. The second kappa shape index (κ2) is 4.22. The van der Waals surface area contributed by atoms with Gasteiger partial charge >= 0.3 is 0 Å². The van der Waals surface area contributed by atoms with Crippen LogP contribution in [0.2, 0.25) is 5.02 Å². The monoisotopic (exact) mass is 243 g/mol. The van der Waals surface area contributed by atoms with Gasteiger partial charge in [-0.05, 0) is 25.0 Å². The van der Waals surface area contributed by atoms with Gasteiger partial charge < -0.3 is 10.5 Å². The van der Waals surface area contributed by atoms with Gasteiger partial charge in [-0.2, -0.15) is 0 Å². The van der Waals surface area contributed by atoms with Crippen LogP contribution in [0.3, 0.4) is 0 Å². The van der Waals surface area contributed by atoms with Crippen molar-refractivity contribution in [2.24, 2.45) is 5.73 Å². The molecule has 0 atom stereocenters. The van der Waals surface area contributed by atoms with E-state index in [2.05, 4.69) is 0 Å². The summed E-state index contributed by atoms with van der Waals surface area (Å²) in [6.07, 6.45) is 3.60. The lowest BCUT2D eigenvalue weighted by atomic mass is 9.88. The van der Waals surface area contributed by atoms with Gasteiger partial charge in [-0.1, -0.05) is 24.4 Å². The zero-order chi connectivity index (χ0) is 11.8. The van der Waals surface area contributed by atoms with Crippen molar-refractivity contribution in [2.75, 3.05) is 7.11 Å². The first-order chi connectivity index (χ1) is 7.58. The molecule has 0 spiro atoms. The maximum Gasteiger partial charge on any atom is 0.150 e. The maximum atomic E-state index is 14.1. The van der Waals surface area contributed by atoms with Crippen LogP contribution in [0.1, 0.15) is 31.2 Å². The van der Waals surface area contributed by atoms with E-state index in [4.69, 9.17) is 22.1 Å². The van der Waals surface area contributed by atoms with E-state index in [1.165, 1.54) is 13.2 Å². The number of ether oxygens (including phenoxy) is 1. The molecule has 0 bridgehead atoms. The average molecular weight is 244 g/mol. The molecule has 4 heteroatoms. The normalized spacial score (nSPS) is 18.8. The molecule has 0 amide bonds. The van der Waals surface area contributed by atoms with E-state index in [0.717, 1.165) is 25.7 Å². The quantitative estimate of drug-likeness (QED) is 0.866. The van der Waals surface area contributed by atoms with Crippen molar-refractivity contribution < 1.29 is 9.13 Å². The van der Waals surface area contributed by atoms with E-state index in [1.807, 2.05) is 0 Å². The molecule has 1 aliphatic carbocycles. The van der Waals surface area contributed by atoms with E-state index < -0.39 is 11.4 Å². The molecular weight excluding hydrogens is 229 g/mol. The molecule has 0 aromatic heterocycles. The summed E-state index contributed by atoms with van der Waals surface area (Å²) >= 11 is 5.80. The Balaban J connectivity index is 2.56. The number of halogens is 2. The first-order valence-electron chi connectivity index (χ1n) is 5.40. The summed E-state index contributed by atoms with van der Waals surface area (Å²) in [5, 5.41) is 0.104. The van der Waals surface area contributed by atoms with Gasteiger partial charge in [-0.15, -0.1) is 0 Å². The highest BCUT2D eigenvalue weighted by Crippen LogP contribution is 2.43. The van der Waals surface area contributed by atoms with Gasteiger partial charge in [0, 0.05) is 5.54 Å². The van der Waals surface area contributed by atoms with Crippen molar-refractivity contribution in [3.05, 3.63) is 28.5 Å². The lowest BCUT2D eigenvalue weighted by Gasteiger charge is -2.27. The lowest BCUT2D eigenvalue weighted by Crippen LogP contribution is -2.34. The standard InChI is InChI=1S/C12H15ClFNO/c1-16-9-5-4-8(13)11(14)10(9)12(15)6-2-3-7-12/h4-5H,2-3,6-7,15H2,1H3. The Bertz CT molecular complexity index is 402. The van der Waals surface area contributed by atoms with Gasteiger partial charge in [0.1, 0.15) is 5.75 Å². The minimum Gasteiger partial charge on any atom is -0.496 e. The van der Waals surface area contributed by atoms with Crippen molar-refractivity contribution in [1.29, 1.82) is 0 Å². The highest BCUT2D eigenvalue weighted by Gasteiger charge is 2.37. The van der Waals surface area contributed by atoms with E-state index in [-0.39, 0.29) is 5.02 Å². The Morgan fingerprint density at radius 1 is 1.38 bits per heavy atom. The smallest absolute Gasteiger partial charge is 0.150 e. The van der Waals surface area contributed by atoms with Crippen LogP contribution in [-0.4, -0.2) is 7.11 Å². The molecule has 0 heterocycles. The topological polar surface area (TPSA) is 35.2 Å². The molecule has 2 rings (SSSR count). The molecule has 2 N–H and O–H groups in total. The zero-order valence-corrected chi connectivity index (χ0v) is 9.98. The molecule has 1 fully saturated rings. The molecule has 1 aromatic carbocycles.